The molecule has 3 N–H and O–H groups in total. The Morgan fingerprint density at radius 3 is 1.76 bits per heavy atom. The smallest absolute Gasteiger partial charge is 0.338 e. The second-order valence-electron chi connectivity index (χ2n) is 7.67. The Bertz CT molecular complexity index is 1400. The second kappa shape index (κ2) is 12.2. The maximum absolute atomic E-state index is 12.9. The number of hydrogen-bond donors (Lipinski definition) is 3. The van der Waals surface area contributed by atoms with Crippen LogP contribution in [0, 0.1) is 0 Å². The highest BCUT2D eigenvalue weighted by molar-refractivity contribution is 8.00. The average Bonchev–Trinajstić information content (AvgIpc) is 2.85. The number of carbonyl (C=O) groups is 4. The van der Waals surface area contributed by atoms with Crippen molar-refractivity contribution < 1.29 is 24.3 Å². The van der Waals surface area contributed by atoms with E-state index >= 15 is 0 Å². The number of benzene rings is 3. The van der Waals surface area contributed by atoms with Crippen molar-refractivity contribution in [3.05, 3.63) is 85.3 Å². The van der Waals surface area contributed by atoms with Gasteiger partial charge in [-0.25, -0.2) is 4.79 Å². The van der Waals surface area contributed by atoms with E-state index in [0.29, 0.717) is 16.9 Å². The van der Waals surface area contributed by atoms with Gasteiger partial charge in [-0.15, -0.1) is 11.8 Å². The first-order chi connectivity index (χ1) is 17.4. The summed E-state index contributed by atoms with van der Waals surface area (Å²) in [5.74, 6) is -2.63. The van der Waals surface area contributed by atoms with Gasteiger partial charge in [0.05, 0.1) is 36.5 Å². The van der Waals surface area contributed by atoms with E-state index in [1.165, 1.54) is 18.7 Å². The van der Waals surface area contributed by atoms with Gasteiger partial charge in [0.1, 0.15) is 0 Å². The predicted octanol–water partition coefficient (Wildman–Crippen LogP) is 7.57. The largest absolute Gasteiger partial charge is 0.478 e. The summed E-state index contributed by atoms with van der Waals surface area (Å²) >= 11 is 25.3. The van der Waals surface area contributed by atoms with Crippen LogP contribution in [0.3, 0.4) is 0 Å². The standard InChI is InChI=1S/C25H18Cl4N2O5S/c1-11(32)13-3-5-14(6-4-13)30-23(33)12(2)37-16-9-7-15(8-10-16)31-24(34)17-18(25(35)36)20(27)22(29)21(28)19(17)26/h3-10,12H,1-2H3,(H,30,33)(H,31,34)(H,35,36). The highest BCUT2D eigenvalue weighted by Crippen LogP contribution is 2.42. The van der Waals surface area contributed by atoms with Gasteiger partial charge in [-0.3, -0.25) is 14.4 Å². The molecule has 3 rings (SSSR count). The van der Waals surface area contributed by atoms with Gasteiger partial charge < -0.3 is 15.7 Å². The molecule has 0 fully saturated rings. The zero-order valence-corrected chi connectivity index (χ0v) is 23.0. The number of carbonyl (C=O) groups excluding carboxylic acids is 3. The van der Waals surface area contributed by atoms with E-state index in [2.05, 4.69) is 10.6 Å². The number of hydrogen-bond acceptors (Lipinski definition) is 5. The minimum Gasteiger partial charge on any atom is -0.478 e. The van der Waals surface area contributed by atoms with Crippen LogP contribution in [0.1, 0.15) is 44.9 Å². The number of amides is 2. The van der Waals surface area contributed by atoms with Gasteiger partial charge in [0.25, 0.3) is 5.91 Å². The molecule has 0 bridgehead atoms. The first-order valence-electron chi connectivity index (χ1n) is 10.5. The average molecular weight is 600 g/mol. The van der Waals surface area contributed by atoms with Gasteiger partial charge >= 0.3 is 5.97 Å². The van der Waals surface area contributed by atoms with Gasteiger partial charge in [0.2, 0.25) is 5.91 Å². The molecular formula is C25H18Cl4N2O5S. The van der Waals surface area contributed by atoms with Gasteiger partial charge in [0.15, 0.2) is 5.78 Å². The number of carboxylic acid groups (broad SMARTS) is 1. The lowest BCUT2D eigenvalue weighted by atomic mass is 10.1. The molecule has 0 spiro atoms. The molecule has 0 aliphatic carbocycles. The van der Waals surface area contributed by atoms with Crippen molar-refractivity contribution in [3.63, 3.8) is 0 Å². The normalized spacial score (nSPS) is 11.5. The zero-order valence-electron chi connectivity index (χ0n) is 19.2. The fourth-order valence-corrected chi connectivity index (χ4v) is 5.03. The van der Waals surface area contributed by atoms with Crippen LogP contribution in [0.4, 0.5) is 11.4 Å². The first-order valence-corrected chi connectivity index (χ1v) is 12.9. The van der Waals surface area contributed by atoms with Crippen molar-refractivity contribution in [1.82, 2.24) is 0 Å². The molecule has 0 aliphatic rings. The third-order valence-electron chi connectivity index (χ3n) is 5.06. The molecule has 37 heavy (non-hydrogen) atoms. The first kappa shape index (κ1) is 28.8. The summed E-state index contributed by atoms with van der Waals surface area (Å²) in [7, 11) is 0. The monoisotopic (exact) mass is 598 g/mol. The molecule has 0 radical (unpaired) electrons. The van der Waals surface area contributed by atoms with Crippen LogP contribution in [0.15, 0.2) is 53.4 Å². The minimum absolute atomic E-state index is 0.0624. The Balaban J connectivity index is 1.69. The molecule has 0 saturated carbocycles. The summed E-state index contributed by atoms with van der Waals surface area (Å²) in [5, 5.41) is 13.2. The van der Waals surface area contributed by atoms with Crippen LogP contribution in [-0.4, -0.2) is 33.9 Å². The summed E-state index contributed by atoms with van der Waals surface area (Å²) in [6.07, 6.45) is 0. The molecule has 3 aromatic rings. The number of Topliss-reactive ketones (excluding diaryl/α,β-unsaturated/α-hetero) is 1. The zero-order chi connectivity index (χ0) is 27.4. The van der Waals surface area contributed by atoms with E-state index in [4.69, 9.17) is 46.4 Å². The molecule has 0 aliphatic heterocycles. The summed E-state index contributed by atoms with van der Waals surface area (Å²) < 4.78 is 0. The number of rotatable bonds is 8. The third kappa shape index (κ3) is 6.77. The topological polar surface area (TPSA) is 113 Å². The Morgan fingerprint density at radius 2 is 1.24 bits per heavy atom. The minimum atomic E-state index is -1.50. The lowest BCUT2D eigenvalue weighted by Crippen LogP contribution is -2.22. The second-order valence-corrected chi connectivity index (χ2v) is 10.6. The quantitative estimate of drug-likeness (QED) is 0.106. The van der Waals surface area contributed by atoms with Crippen LogP contribution in [-0.2, 0) is 4.79 Å². The summed E-state index contributed by atoms with van der Waals surface area (Å²) in [6, 6.07) is 13.1. The molecule has 0 aromatic heterocycles. The van der Waals surface area contributed by atoms with Crippen molar-refractivity contribution in [1.29, 1.82) is 0 Å². The summed E-state index contributed by atoms with van der Waals surface area (Å²) in [6.45, 7) is 3.21. The number of thioether (sulfide) groups is 1. The number of aromatic carboxylic acids is 1. The number of ketones is 1. The Kier molecular flexibility index (Phi) is 9.50. The maximum atomic E-state index is 12.9. The fraction of sp³-hybridized carbons (Fsp3) is 0.120. The van der Waals surface area contributed by atoms with Crippen LogP contribution in [0.5, 0.6) is 0 Å². The maximum Gasteiger partial charge on any atom is 0.338 e. The lowest BCUT2D eigenvalue weighted by molar-refractivity contribution is -0.115. The Morgan fingerprint density at radius 1 is 0.757 bits per heavy atom. The summed E-state index contributed by atoms with van der Waals surface area (Å²) in [5.41, 5.74) is 0.473. The number of carboxylic acids is 1. The molecule has 0 saturated heterocycles. The predicted molar refractivity (Wildman–Crippen MR) is 148 cm³/mol. The van der Waals surface area contributed by atoms with Crippen LogP contribution in [0.25, 0.3) is 0 Å². The van der Waals surface area contributed by atoms with Gasteiger partial charge in [0, 0.05) is 21.8 Å². The highest BCUT2D eigenvalue weighted by Gasteiger charge is 2.29. The van der Waals surface area contributed by atoms with Crippen LogP contribution >= 0.6 is 58.2 Å². The van der Waals surface area contributed by atoms with Crippen LogP contribution in [0.2, 0.25) is 20.1 Å². The SMILES string of the molecule is CC(=O)c1ccc(NC(=O)C(C)Sc2ccc(NC(=O)c3c(Cl)c(Cl)c(Cl)c(Cl)c3C(=O)O)cc2)cc1. The van der Waals surface area contributed by atoms with E-state index in [1.54, 1.807) is 55.5 Å². The molecule has 3 aromatic carbocycles. The van der Waals surface area contributed by atoms with Gasteiger partial charge in [-0.2, -0.15) is 0 Å². The van der Waals surface area contributed by atoms with Crippen LogP contribution < -0.4 is 10.6 Å². The molecule has 2 amide bonds. The highest BCUT2D eigenvalue weighted by atomic mass is 35.5. The molecule has 1 unspecified atom stereocenters. The van der Waals surface area contributed by atoms with Crippen molar-refractivity contribution in [2.24, 2.45) is 0 Å². The molecular weight excluding hydrogens is 582 g/mol. The van der Waals surface area contributed by atoms with E-state index in [1.807, 2.05) is 0 Å². The lowest BCUT2D eigenvalue weighted by Gasteiger charge is -2.15. The van der Waals surface area contributed by atoms with Gasteiger partial charge in [-0.05, 0) is 62.4 Å². The van der Waals surface area contributed by atoms with E-state index in [0.717, 1.165) is 4.90 Å². The molecule has 12 heteroatoms. The van der Waals surface area contributed by atoms with Crippen molar-refractivity contribution >= 4 is 93.1 Å². The molecule has 0 heterocycles. The summed E-state index contributed by atoms with van der Waals surface area (Å²) in [4.78, 5) is 49.2. The van der Waals surface area contributed by atoms with Crippen molar-refractivity contribution in [3.8, 4) is 0 Å². The number of halogens is 4. The van der Waals surface area contributed by atoms with E-state index in [-0.39, 0.29) is 26.8 Å². The number of nitrogens with one attached hydrogen (secondary N) is 2. The number of anilines is 2. The van der Waals surface area contributed by atoms with E-state index < -0.39 is 33.3 Å². The molecule has 1 atom stereocenters. The molecule has 7 nitrogen and oxygen atoms in total. The molecule has 192 valence electrons. The van der Waals surface area contributed by atoms with Crippen molar-refractivity contribution in [2.45, 2.75) is 24.0 Å². The van der Waals surface area contributed by atoms with Gasteiger partial charge in [-0.1, -0.05) is 46.4 Å². The van der Waals surface area contributed by atoms with Crippen molar-refractivity contribution in [2.75, 3.05) is 10.6 Å². The Labute approximate surface area is 236 Å². The fourth-order valence-electron chi connectivity index (χ4n) is 3.15. The Hall–Kier alpha value is -2.75. The van der Waals surface area contributed by atoms with E-state index in [9.17, 15) is 24.3 Å². The third-order valence-corrected chi connectivity index (χ3v) is 7.98.